The number of hydrogen-bond acceptors (Lipinski definition) is 6. The van der Waals surface area contributed by atoms with Crippen LogP contribution in [-0.4, -0.2) is 65.7 Å². The van der Waals surface area contributed by atoms with E-state index in [1.54, 1.807) is 46.0 Å². The summed E-state index contributed by atoms with van der Waals surface area (Å²) in [5.41, 5.74) is 11.3. The number of carbonyl (C=O) groups excluding carboxylic acids is 4. The van der Waals surface area contributed by atoms with Gasteiger partial charge in [0.2, 0.25) is 12.3 Å². The van der Waals surface area contributed by atoms with Crippen LogP contribution in [0.3, 0.4) is 0 Å². The molecule has 2 aromatic rings. The Kier molecular flexibility index (Phi) is 10.5. The molecule has 0 saturated heterocycles. The van der Waals surface area contributed by atoms with E-state index < -0.39 is 35.7 Å². The SMILES string of the molecule is CCOC(=O)[C@H](CCC[NH+]=C(N)N)NC(=O)C(Cc1cn(C=O)c2ccccc12)NC(=O)OC(C)(C)C. The van der Waals surface area contributed by atoms with Crippen LogP contribution < -0.4 is 27.1 Å². The number of esters is 1. The number of para-hydroxylation sites is 1. The molecule has 1 aromatic heterocycles. The molecule has 12 heteroatoms. The number of nitrogens with zero attached hydrogens (tertiary/aromatic N) is 1. The first kappa shape index (κ1) is 29.1. The predicted octanol–water partition coefficient (Wildman–Crippen LogP) is -0.702. The Labute approximate surface area is 215 Å². The molecule has 1 unspecified atom stereocenters. The standard InChI is InChI=1S/C25H36N6O6/c1-5-36-22(34)18(10-8-12-28-23(26)27)29-21(33)19(30-24(35)37-25(2,3)4)13-16-14-31(15-32)20-11-7-6-9-17(16)20/h6-7,9,11,14-15,18-19H,5,8,10,12-13H2,1-4H3,(H,29,33)(H,30,35)(H4,26,27,28)/p+1/t18-,19?/m0/s1. The van der Waals surface area contributed by atoms with Crippen LogP contribution in [-0.2, 0) is 30.3 Å². The Morgan fingerprint density at radius 3 is 2.46 bits per heavy atom. The molecule has 2 rings (SSSR count). The Hall–Kier alpha value is -4.09. The third kappa shape index (κ3) is 9.13. The van der Waals surface area contributed by atoms with Gasteiger partial charge in [-0.3, -0.25) is 30.6 Å². The molecule has 12 nitrogen and oxygen atoms in total. The fourth-order valence-corrected chi connectivity index (χ4v) is 3.71. The van der Waals surface area contributed by atoms with Crippen LogP contribution >= 0.6 is 0 Å². The van der Waals surface area contributed by atoms with Gasteiger partial charge in [0.15, 0.2) is 0 Å². The lowest BCUT2D eigenvalue weighted by Crippen LogP contribution is -2.78. The fourth-order valence-electron chi connectivity index (χ4n) is 3.71. The van der Waals surface area contributed by atoms with Crippen molar-refractivity contribution in [3.63, 3.8) is 0 Å². The molecule has 0 saturated carbocycles. The lowest BCUT2D eigenvalue weighted by molar-refractivity contribution is -0.459. The number of aromatic nitrogens is 1. The van der Waals surface area contributed by atoms with E-state index in [-0.39, 0.29) is 25.4 Å². The summed E-state index contributed by atoms with van der Waals surface area (Å²) < 4.78 is 11.9. The smallest absolute Gasteiger partial charge is 0.408 e. The molecular formula is C25H37N6O6+. The van der Waals surface area contributed by atoms with Gasteiger partial charge in [0, 0.05) is 18.0 Å². The van der Waals surface area contributed by atoms with Gasteiger partial charge in [-0.25, -0.2) is 9.59 Å². The van der Waals surface area contributed by atoms with Crippen molar-refractivity contribution < 1.29 is 33.6 Å². The molecule has 2 amide bonds. The summed E-state index contributed by atoms with van der Waals surface area (Å²) in [6, 6.07) is 5.13. The molecule has 1 heterocycles. The molecule has 2 atom stereocenters. The van der Waals surface area contributed by atoms with Crippen LogP contribution in [0.4, 0.5) is 4.79 Å². The van der Waals surface area contributed by atoms with Crippen LogP contribution in [0, 0.1) is 0 Å². The summed E-state index contributed by atoms with van der Waals surface area (Å²) in [5.74, 6) is -1.16. The minimum absolute atomic E-state index is 0.0438. The second kappa shape index (κ2) is 13.3. The summed E-state index contributed by atoms with van der Waals surface area (Å²) in [4.78, 5) is 52.8. The first-order chi connectivity index (χ1) is 17.4. The maximum absolute atomic E-state index is 13.4. The van der Waals surface area contributed by atoms with E-state index in [0.717, 1.165) is 5.39 Å². The van der Waals surface area contributed by atoms with E-state index in [0.29, 0.717) is 30.5 Å². The van der Waals surface area contributed by atoms with Gasteiger partial charge < -0.3 is 20.1 Å². The van der Waals surface area contributed by atoms with E-state index in [1.165, 1.54) is 4.57 Å². The molecule has 0 aliphatic carbocycles. The fraction of sp³-hybridized carbons (Fsp3) is 0.480. The largest absolute Gasteiger partial charge is 0.464 e. The second-order valence-electron chi connectivity index (χ2n) is 9.42. The Morgan fingerprint density at radius 2 is 1.84 bits per heavy atom. The number of hydrogen-bond donors (Lipinski definition) is 5. The highest BCUT2D eigenvalue weighted by Crippen LogP contribution is 2.22. The van der Waals surface area contributed by atoms with Gasteiger partial charge in [-0.15, -0.1) is 0 Å². The summed E-state index contributed by atoms with van der Waals surface area (Å²) in [7, 11) is 0. The molecule has 1 aromatic carbocycles. The van der Waals surface area contributed by atoms with Crippen molar-refractivity contribution in [2.45, 2.75) is 64.6 Å². The van der Waals surface area contributed by atoms with Crippen LogP contribution in [0.5, 0.6) is 0 Å². The number of guanidine groups is 1. The zero-order valence-corrected chi connectivity index (χ0v) is 21.7. The van der Waals surface area contributed by atoms with E-state index >= 15 is 0 Å². The van der Waals surface area contributed by atoms with E-state index in [4.69, 9.17) is 20.9 Å². The lowest BCUT2D eigenvalue weighted by Gasteiger charge is -2.25. The molecule has 0 radical (unpaired) electrons. The molecule has 7 N–H and O–H groups in total. The van der Waals surface area contributed by atoms with E-state index in [2.05, 4.69) is 15.6 Å². The predicted molar refractivity (Wildman–Crippen MR) is 138 cm³/mol. The van der Waals surface area contributed by atoms with Crippen molar-refractivity contribution in [1.29, 1.82) is 0 Å². The topological polar surface area (TPSA) is 182 Å². The van der Waals surface area contributed by atoms with Crippen molar-refractivity contribution >= 4 is 41.2 Å². The average molecular weight is 518 g/mol. The number of benzene rings is 1. The Balaban J connectivity index is 2.31. The zero-order valence-electron chi connectivity index (χ0n) is 21.7. The van der Waals surface area contributed by atoms with Crippen molar-refractivity contribution in [1.82, 2.24) is 15.2 Å². The average Bonchev–Trinajstić information content (AvgIpc) is 3.17. The summed E-state index contributed by atoms with van der Waals surface area (Å²) in [6.07, 6.45) is 2.22. The summed E-state index contributed by atoms with van der Waals surface area (Å²) >= 11 is 0. The highest BCUT2D eigenvalue weighted by Gasteiger charge is 2.30. The highest BCUT2D eigenvalue weighted by molar-refractivity contribution is 5.92. The van der Waals surface area contributed by atoms with E-state index in [9.17, 15) is 19.2 Å². The third-order valence-corrected chi connectivity index (χ3v) is 5.25. The highest BCUT2D eigenvalue weighted by atomic mass is 16.6. The van der Waals surface area contributed by atoms with Gasteiger partial charge >= 0.3 is 18.0 Å². The molecule has 37 heavy (non-hydrogen) atoms. The maximum atomic E-state index is 13.4. The van der Waals surface area contributed by atoms with Crippen molar-refractivity contribution in [3.8, 4) is 0 Å². The minimum Gasteiger partial charge on any atom is -0.464 e. The minimum atomic E-state index is -1.11. The number of nitrogens with two attached hydrogens (primary N) is 2. The quantitative estimate of drug-likeness (QED) is 0.0805. The number of carbonyl (C=O) groups is 4. The molecule has 0 aliphatic rings. The number of fused-ring (bicyclic) bond motifs is 1. The van der Waals surface area contributed by atoms with Crippen LogP contribution in [0.1, 0.15) is 46.1 Å². The second-order valence-corrected chi connectivity index (χ2v) is 9.42. The van der Waals surface area contributed by atoms with Crippen LogP contribution in [0.15, 0.2) is 30.5 Å². The van der Waals surface area contributed by atoms with Gasteiger partial charge in [-0.2, -0.15) is 0 Å². The molecule has 0 spiro atoms. The number of ether oxygens (including phenoxy) is 2. The van der Waals surface area contributed by atoms with Crippen LogP contribution in [0.2, 0.25) is 0 Å². The molecule has 0 bridgehead atoms. The van der Waals surface area contributed by atoms with Gasteiger partial charge in [-0.1, -0.05) is 18.2 Å². The van der Waals surface area contributed by atoms with Crippen molar-refractivity contribution in [3.05, 3.63) is 36.0 Å². The normalized spacial score (nSPS) is 12.8. The lowest BCUT2D eigenvalue weighted by atomic mass is 10.0. The Bertz CT molecular complexity index is 1130. The summed E-state index contributed by atoms with van der Waals surface area (Å²) in [6.45, 7) is 7.30. The van der Waals surface area contributed by atoms with Gasteiger partial charge in [0.1, 0.15) is 17.7 Å². The monoisotopic (exact) mass is 517 g/mol. The van der Waals surface area contributed by atoms with Crippen molar-refractivity contribution in [2.75, 3.05) is 13.2 Å². The zero-order chi connectivity index (χ0) is 27.6. The number of amides is 2. The van der Waals surface area contributed by atoms with Gasteiger partial charge in [0.25, 0.3) is 0 Å². The first-order valence-electron chi connectivity index (χ1n) is 12.1. The van der Waals surface area contributed by atoms with E-state index in [1.807, 2.05) is 12.1 Å². The van der Waals surface area contributed by atoms with Crippen molar-refractivity contribution in [2.24, 2.45) is 11.5 Å². The number of alkyl carbamates (subject to hydrolysis) is 1. The number of rotatable bonds is 12. The Morgan fingerprint density at radius 1 is 1.14 bits per heavy atom. The molecule has 0 fully saturated rings. The van der Waals surface area contributed by atoms with Gasteiger partial charge in [0.05, 0.1) is 18.7 Å². The summed E-state index contributed by atoms with van der Waals surface area (Å²) in [5, 5.41) is 6.04. The molecule has 202 valence electrons. The molecular weight excluding hydrogens is 480 g/mol. The van der Waals surface area contributed by atoms with Crippen LogP contribution in [0.25, 0.3) is 10.9 Å². The van der Waals surface area contributed by atoms with Gasteiger partial charge in [-0.05, 0) is 52.2 Å². The molecule has 0 aliphatic heterocycles. The first-order valence-corrected chi connectivity index (χ1v) is 12.1. The third-order valence-electron chi connectivity index (χ3n) is 5.25. The maximum Gasteiger partial charge on any atom is 0.408 e. The number of nitrogens with one attached hydrogen (secondary N) is 3.